The molecule has 2 aromatic rings. The SMILES string of the molecule is CCCNC(=O)C(C)OC(=O)CCc1nc2sc3c(c2c(=O)[nH]1)CCCC3. The summed E-state index contributed by atoms with van der Waals surface area (Å²) in [5.74, 6) is -0.309. The van der Waals surface area contributed by atoms with Gasteiger partial charge in [-0.05, 0) is 44.6 Å². The van der Waals surface area contributed by atoms with E-state index in [4.69, 9.17) is 4.74 Å². The van der Waals surface area contributed by atoms with Crippen molar-refractivity contribution in [2.45, 2.75) is 64.9 Å². The van der Waals surface area contributed by atoms with Gasteiger partial charge in [-0.15, -0.1) is 11.3 Å². The summed E-state index contributed by atoms with van der Waals surface area (Å²) in [5, 5.41) is 3.40. The average molecular weight is 391 g/mol. The molecule has 0 aliphatic heterocycles. The van der Waals surface area contributed by atoms with Gasteiger partial charge in [-0.3, -0.25) is 14.4 Å². The number of nitrogens with zero attached hydrogens (tertiary/aromatic N) is 1. The van der Waals surface area contributed by atoms with Crippen LogP contribution in [0.1, 0.15) is 55.8 Å². The van der Waals surface area contributed by atoms with E-state index in [0.717, 1.165) is 42.5 Å². The van der Waals surface area contributed by atoms with Crippen LogP contribution in [-0.2, 0) is 33.6 Å². The number of aromatic nitrogens is 2. The Morgan fingerprint density at radius 1 is 1.33 bits per heavy atom. The second kappa shape index (κ2) is 8.65. The molecule has 0 aromatic carbocycles. The molecule has 3 rings (SSSR count). The Balaban J connectivity index is 1.62. The van der Waals surface area contributed by atoms with Crippen molar-refractivity contribution in [3.63, 3.8) is 0 Å². The zero-order valence-corrected chi connectivity index (χ0v) is 16.5. The van der Waals surface area contributed by atoms with E-state index >= 15 is 0 Å². The smallest absolute Gasteiger partial charge is 0.307 e. The lowest BCUT2D eigenvalue weighted by atomic mass is 9.97. The normalized spacial score (nSPS) is 14.6. The summed E-state index contributed by atoms with van der Waals surface area (Å²) < 4.78 is 5.15. The molecular weight excluding hydrogens is 366 g/mol. The first-order valence-corrected chi connectivity index (χ1v) is 10.3. The van der Waals surface area contributed by atoms with Crippen molar-refractivity contribution >= 4 is 33.4 Å². The van der Waals surface area contributed by atoms with Crippen LogP contribution in [0.5, 0.6) is 0 Å². The highest BCUT2D eigenvalue weighted by atomic mass is 32.1. The molecule has 2 aromatic heterocycles. The van der Waals surface area contributed by atoms with E-state index in [1.165, 1.54) is 4.88 Å². The Kier molecular flexibility index (Phi) is 6.26. The number of esters is 1. The van der Waals surface area contributed by atoms with Gasteiger partial charge in [-0.1, -0.05) is 6.92 Å². The lowest BCUT2D eigenvalue weighted by Crippen LogP contribution is -2.36. The number of H-pyrrole nitrogens is 1. The minimum absolute atomic E-state index is 0.0605. The maximum absolute atomic E-state index is 12.5. The first-order valence-electron chi connectivity index (χ1n) is 9.50. The van der Waals surface area contributed by atoms with Gasteiger partial charge in [-0.2, -0.15) is 0 Å². The number of hydrogen-bond donors (Lipinski definition) is 2. The fourth-order valence-corrected chi connectivity index (χ4v) is 4.53. The van der Waals surface area contributed by atoms with E-state index in [-0.39, 0.29) is 24.3 Å². The molecule has 0 fully saturated rings. The third-order valence-corrected chi connectivity index (χ3v) is 5.85. The number of carbonyl (C=O) groups excluding carboxylic acids is 2. The van der Waals surface area contributed by atoms with Crippen molar-refractivity contribution in [3.05, 3.63) is 26.6 Å². The number of thiophene rings is 1. The molecule has 2 N–H and O–H groups in total. The Morgan fingerprint density at radius 2 is 2.11 bits per heavy atom. The van der Waals surface area contributed by atoms with E-state index in [1.54, 1.807) is 18.3 Å². The molecule has 2 heterocycles. The van der Waals surface area contributed by atoms with Crippen LogP contribution in [0.15, 0.2) is 4.79 Å². The van der Waals surface area contributed by atoms with Crippen molar-refractivity contribution in [3.8, 4) is 0 Å². The first-order chi connectivity index (χ1) is 13.0. The molecule has 1 aliphatic rings. The third-order valence-electron chi connectivity index (χ3n) is 4.67. The predicted octanol–water partition coefficient (Wildman–Crippen LogP) is 2.25. The molecule has 0 saturated carbocycles. The van der Waals surface area contributed by atoms with Crippen molar-refractivity contribution in [1.29, 1.82) is 0 Å². The van der Waals surface area contributed by atoms with Crippen molar-refractivity contribution < 1.29 is 14.3 Å². The second-order valence-corrected chi connectivity index (χ2v) is 7.91. The van der Waals surface area contributed by atoms with Crippen LogP contribution in [0.4, 0.5) is 0 Å². The lowest BCUT2D eigenvalue weighted by Gasteiger charge is -2.13. The number of aryl methyl sites for hydroxylation is 3. The van der Waals surface area contributed by atoms with Crippen molar-refractivity contribution in [2.24, 2.45) is 0 Å². The van der Waals surface area contributed by atoms with Gasteiger partial charge in [0.1, 0.15) is 10.7 Å². The van der Waals surface area contributed by atoms with Crippen molar-refractivity contribution in [1.82, 2.24) is 15.3 Å². The van der Waals surface area contributed by atoms with E-state index in [0.29, 0.717) is 17.8 Å². The highest BCUT2D eigenvalue weighted by molar-refractivity contribution is 7.18. The molecule has 27 heavy (non-hydrogen) atoms. The monoisotopic (exact) mass is 391 g/mol. The summed E-state index contributed by atoms with van der Waals surface area (Å²) in [6, 6.07) is 0. The highest BCUT2D eigenvalue weighted by Crippen LogP contribution is 2.33. The Hall–Kier alpha value is -2.22. The van der Waals surface area contributed by atoms with Gasteiger partial charge in [-0.25, -0.2) is 4.98 Å². The van der Waals surface area contributed by atoms with E-state index in [9.17, 15) is 14.4 Å². The number of amides is 1. The minimum Gasteiger partial charge on any atom is -0.453 e. The predicted molar refractivity (Wildman–Crippen MR) is 104 cm³/mol. The van der Waals surface area contributed by atoms with E-state index in [2.05, 4.69) is 15.3 Å². The summed E-state index contributed by atoms with van der Waals surface area (Å²) in [6.07, 6.45) is 4.53. The van der Waals surface area contributed by atoms with Crippen LogP contribution in [-0.4, -0.2) is 34.5 Å². The van der Waals surface area contributed by atoms with Gasteiger partial charge < -0.3 is 15.0 Å². The van der Waals surface area contributed by atoms with Gasteiger partial charge >= 0.3 is 5.97 Å². The summed E-state index contributed by atoms with van der Waals surface area (Å²) in [5.41, 5.74) is 1.02. The molecule has 146 valence electrons. The van der Waals surface area contributed by atoms with Gasteiger partial charge in [0.25, 0.3) is 11.5 Å². The summed E-state index contributed by atoms with van der Waals surface area (Å²) in [4.78, 5) is 45.6. The lowest BCUT2D eigenvalue weighted by molar-refractivity contribution is -0.154. The number of fused-ring (bicyclic) bond motifs is 3. The standard InChI is InChI=1S/C19H25N3O4S/c1-3-10-20-17(24)11(2)26-15(23)9-8-14-21-18(25)16-12-6-4-5-7-13(12)27-19(16)22-14/h11H,3-10H2,1-2H3,(H,20,24)(H,21,22,25). The summed E-state index contributed by atoms with van der Waals surface area (Å²) in [6.45, 7) is 4.05. The topological polar surface area (TPSA) is 101 Å². The molecular formula is C19H25N3O4S. The second-order valence-electron chi connectivity index (χ2n) is 6.83. The average Bonchev–Trinajstić information content (AvgIpc) is 3.03. The number of nitrogens with one attached hydrogen (secondary N) is 2. The fraction of sp³-hybridized carbons (Fsp3) is 0.579. The Labute approximate surface area is 161 Å². The summed E-state index contributed by atoms with van der Waals surface area (Å²) >= 11 is 1.58. The van der Waals surface area contributed by atoms with Gasteiger partial charge in [0.2, 0.25) is 0 Å². The van der Waals surface area contributed by atoms with E-state index < -0.39 is 12.1 Å². The molecule has 8 heteroatoms. The molecule has 7 nitrogen and oxygen atoms in total. The van der Waals surface area contributed by atoms with Gasteiger partial charge in [0.05, 0.1) is 11.8 Å². The Bertz CT molecular complexity index is 902. The molecule has 0 spiro atoms. The van der Waals surface area contributed by atoms with Crippen LogP contribution in [0.2, 0.25) is 0 Å². The van der Waals surface area contributed by atoms with Crippen LogP contribution in [0, 0.1) is 0 Å². The molecule has 0 saturated heterocycles. The van der Waals surface area contributed by atoms with Crippen LogP contribution in [0.3, 0.4) is 0 Å². The molecule has 0 radical (unpaired) electrons. The summed E-state index contributed by atoms with van der Waals surface area (Å²) in [7, 11) is 0. The number of hydrogen-bond acceptors (Lipinski definition) is 6. The number of ether oxygens (including phenoxy) is 1. The maximum atomic E-state index is 12.5. The maximum Gasteiger partial charge on any atom is 0.307 e. The number of rotatable bonds is 7. The zero-order valence-electron chi connectivity index (χ0n) is 15.7. The van der Waals surface area contributed by atoms with Crippen LogP contribution >= 0.6 is 11.3 Å². The largest absolute Gasteiger partial charge is 0.453 e. The van der Waals surface area contributed by atoms with Gasteiger partial charge in [0, 0.05) is 17.8 Å². The van der Waals surface area contributed by atoms with Crippen molar-refractivity contribution in [2.75, 3.05) is 6.54 Å². The highest BCUT2D eigenvalue weighted by Gasteiger charge is 2.21. The molecule has 1 unspecified atom stereocenters. The minimum atomic E-state index is -0.831. The Morgan fingerprint density at radius 3 is 2.89 bits per heavy atom. The molecule has 1 atom stereocenters. The molecule has 1 aliphatic carbocycles. The molecule has 1 amide bonds. The van der Waals surface area contributed by atoms with E-state index in [1.807, 2.05) is 6.92 Å². The first kappa shape index (κ1) is 19.5. The van der Waals surface area contributed by atoms with Crippen LogP contribution < -0.4 is 10.9 Å². The third kappa shape index (κ3) is 4.55. The number of aromatic amines is 1. The zero-order chi connectivity index (χ0) is 19.4. The van der Waals surface area contributed by atoms with Gasteiger partial charge in [0.15, 0.2) is 6.10 Å². The molecule has 0 bridgehead atoms. The number of carbonyl (C=O) groups is 2. The fourth-order valence-electron chi connectivity index (χ4n) is 3.25. The quantitative estimate of drug-likeness (QED) is 0.705. The van der Waals surface area contributed by atoms with Crippen LogP contribution in [0.25, 0.3) is 10.2 Å².